The molecule has 1 amide bonds. The summed E-state index contributed by atoms with van der Waals surface area (Å²) in [7, 11) is -3.12. The van der Waals surface area contributed by atoms with E-state index in [0.29, 0.717) is 22.5 Å². The van der Waals surface area contributed by atoms with Crippen LogP contribution in [0.2, 0.25) is 0 Å². The number of benzene rings is 2. The number of rotatable bonds is 7. The average Bonchev–Trinajstić information content (AvgIpc) is 3.19. The Balaban J connectivity index is 1.72. The largest absolute Gasteiger partial charge is 0.335 e. The van der Waals surface area contributed by atoms with E-state index in [0.717, 1.165) is 23.2 Å². The predicted molar refractivity (Wildman–Crippen MR) is 141 cm³/mol. The summed E-state index contributed by atoms with van der Waals surface area (Å²) >= 11 is 1.22. The maximum absolute atomic E-state index is 13.6. The molecule has 2 aromatic carbocycles. The predicted octanol–water partition coefficient (Wildman–Crippen LogP) is 3.91. The number of thioether (sulfide) groups is 1. The summed E-state index contributed by atoms with van der Waals surface area (Å²) in [4.78, 5) is 33.5. The fourth-order valence-electron chi connectivity index (χ4n) is 4.60. The Morgan fingerprint density at radius 1 is 1.20 bits per heavy atom. The summed E-state index contributed by atoms with van der Waals surface area (Å²) < 4.78 is 25.8. The van der Waals surface area contributed by atoms with Crippen molar-refractivity contribution in [3.8, 4) is 5.69 Å². The number of nitrogens with zero attached hydrogens (tertiary/aromatic N) is 3. The van der Waals surface area contributed by atoms with Crippen LogP contribution < -0.4 is 5.56 Å². The molecular formula is C26H31N3O4S2. The SMILES string of the molecule is CCC(C)N(C(=O)CSc1nc2ccccc2c(=O)n1-c1cccc(C)c1C)C1CCS(=O)(=O)C1. The quantitative estimate of drug-likeness (QED) is 0.352. The Hall–Kier alpha value is -2.65. The smallest absolute Gasteiger partial charge is 0.266 e. The van der Waals surface area contributed by atoms with Crippen molar-refractivity contribution in [1.82, 2.24) is 14.5 Å². The van der Waals surface area contributed by atoms with Crippen molar-refractivity contribution < 1.29 is 13.2 Å². The zero-order valence-electron chi connectivity index (χ0n) is 20.5. The third-order valence-electron chi connectivity index (χ3n) is 6.84. The van der Waals surface area contributed by atoms with Crippen molar-refractivity contribution in [2.24, 2.45) is 0 Å². The second-order valence-electron chi connectivity index (χ2n) is 9.17. The fraction of sp³-hybridized carbons (Fsp3) is 0.423. The lowest BCUT2D eigenvalue weighted by Gasteiger charge is -2.33. The van der Waals surface area contributed by atoms with Gasteiger partial charge in [0.2, 0.25) is 5.91 Å². The highest BCUT2D eigenvalue weighted by atomic mass is 32.2. The molecule has 2 heterocycles. The number of carbonyl (C=O) groups is 1. The van der Waals surface area contributed by atoms with Crippen molar-refractivity contribution in [1.29, 1.82) is 0 Å². The second kappa shape index (κ2) is 10.1. The Kier molecular flexibility index (Phi) is 7.38. The van der Waals surface area contributed by atoms with E-state index in [-0.39, 0.29) is 40.8 Å². The molecule has 4 rings (SSSR count). The van der Waals surface area contributed by atoms with Gasteiger partial charge in [0.1, 0.15) is 0 Å². The standard InChI is InChI=1S/C26H31N3O4S2/c1-5-18(3)28(20-13-14-35(32,33)16-20)24(30)15-34-26-27-22-11-7-6-10-21(22)25(31)29(26)23-12-8-9-17(2)19(23)4/h6-12,18,20H,5,13-16H2,1-4H3. The van der Waals surface area contributed by atoms with Crippen LogP contribution in [0.15, 0.2) is 52.4 Å². The summed E-state index contributed by atoms with van der Waals surface area (Å²) in [5.74, 6) is 0.0520. The Morgan fingerprint density at radius 3 is 2.63 bits per heavy atom. The Labute approximate surface area is 210 Å². The van der Waals surface area contributed by atoms with E-state index in [1.54, 1.807) is 21.6 Å². The van der Waals surface area contributed by atoms with Crippen LogP contribution in [0.5, 0.6) is 0 Å². The molecule has 1 aliphatic rings. The van der Waals surface area contributed by atoms with Crippen molar-refractivity contribution in [2.45, 2.75) is 57.8 Å². The van der Waals surface area contributed by atoms with Gasteiger partial charge in [-0.1, -0.05) is 43.0 Å². The number of hydrogen-bond donors (Lipinski definition) is 0. The molecule has 0 bridgehead atoms. The first-order valence-electron chi connectivity index (χ1n) is 11.9. The second-order valence-corrected chi connectivity index (χ2v) is 12.3. The Bertz CT molecular complexity index is 1430. The third kappa shape index (κ3) is 5.16. The van der Waals surface area contributed by atoms with Crippen LogP contribution in [-0.4, -0.2) is 58.1 Å². The lowest BCUT2D eigenvalue weighted by molar-refractivity contribution is -0.132. The summed E-state index contributed by atoms with van der Waals surface area (Å²) in [6.07, 6.45) is 1.19. The van der Waals surface area contributed by atoms with E-state index in [1.807, 2.05) is 58.0 Å². The van der Waals surface area contributed by atoms with Gasteiger partial charge in [0.25, 0.3) is 5.56 Å². The number of aryl methyl sites for hydroxylation is 1. The molecule has 2 atom stereocenters. The van der Waals surface area contributed by atoms with Gasteiger partial charge in [0, 0.05) is 12.1 Å². The summed E-state index contributed by atoms with van der Waals surface area (Å²) in [6.45, 7) is 7.91. The maximum atomic E-state index is 13.6. The van der Waals surface area contributed by atoms with Gasteiger partial charge < -0.3 is 4.90 Å². The van der Waals surface area contributed by atoms with E-state index in [2.05, 4.69) is 0 Å². The zero-order valence-corrected chi connectivity index (χ0v) is 22.2. The van der Waals surface area contributed by atoms with Gasteiger partial charge in [-0.2, -0.15) is 0 Å². The molecule has 186 valence electrons. The molecule has 0 aliphatic carbocycles. The van der Waals surface area contributed by atoms with Gasteiger partial charge in [-0.15, -0.1) is 0 Å². The molecule has 7 nitrogen and oxygen atoms in total. The van der Waals surface area contributed by atoms with Crippen molar-refractivity contribution in [3.63, 3.8) is 0 Å². The molecule has 2 unspecified atom stereocenters. The molecule has 1 aliphatic heterocycles. The molecule has 0 saturated carbocycles. The highest BCUT2D eigenvalue weighted by molar-refractivity contribution is 7.99. The van der Waals surface area contributed by atoms with Gasteiger partial charge in [0.15, 0.2) is 15.0 Å². The van der Waals surface area contributed by atoms with Crippen LogP contribution >= 0.6 is 11.8 Å². The van der Waals surface area contributed by atoms with E-state index in [9.17, 15) is 18.0 Å². The highest BCUT2D eigenvalue weighted by Crippen LogP contribution is 2.27. The molecule has 0 radical (unpaired) electrons. The number of fused-ring (bicyclic) bond motifs is 1. The van der Waals surface area contributed by atoms with Crippen LogP contribution in [0.3, 0.4) is 0 Å². The Morgan fingerprint density at radius 2 is 1.94 bits per heavy atom. The number of amides is 1. The molecule has 3 aromatic rings. The number of aromatic nitrogens is 2. The van der Waals surface area contributed by atoms with Gasteiger partial charge in [-0.25, -0.2) is 13.4 Å². The number of carbonyl (C=O) groups excluding carboxylic acids is 1. The molecule has 0 spiro atoms. The molecule has 1 saturated heterocycles. The summed E-state index contributed by atoms with van der Waals surface area (Å²) in [5, 5.41) is 0.959. The van der Waals surface area contributed by atoms with Crippen molar-refractivity contribution >= 4 is 38.4 Å². The molecule has 1 fully saturated rings. The summed E-state index contributed by atoms with van der Waals surface area (Å²) in [6, 6.07) is 12.6. The highest BCUT2D eigenvalue weighted by Gasteiger charge is 2.36. The molecular weight excluding hydrogens is 482 g/mol. The minimum Gasteiger partial charge on any atom is -0.335 e. The van der Waals surface area contributed by atoms with E-state index in [1.165, 1.54) is 11.8 Å². The fourth-order valence-corrected chi connectivity index (χ4v) is 7.19. The van der Waals surface area contributed by atoms with E-state index in [4.69, 9.17) is 4.98 Å². The first-order valence-corrected chi connectivity index (χ1v) is 14.7. The number of hydrogen-bond acceptors (Lipinski definition) is 6. The van der Waals surface area contributed by atoms with E-state index < -0.39 is 9.84 Å². The molecule has 1 aromatic heterocycles. The topological polar surface area (TPSA) is 89.3 Å². The van der Waals surface area contributed by atoms with E-state index >= 15 is 0 Å². The lowest BCUT2D eigenvalue weighted by Crippen LogP contribution is -2.47. The maximum Gasteiger partial charge on any atom is 0.266 e. The van der Waals surface area contributed by atoms with Gasteiger partial charge in [0.05, 0.1) is 33.8 Å². The monoisotopic (exact) mass is 513 g/mol. The minimum atomic E-state index is -3.12. The molecule has 0 N–H and O–H groups in total. The van der Waals surface area contributed by atoms with Crippen molar-refractivity contribution in [2.75, 3.05) is 17.3 Å². The van der Waals surface area contributed by atoms with Crippen molar-refractivity contribution in [3.05, 3.63) is 63.9 Å². The molecule has 9 heteroatoms. The first-order chi connectivity index (χ1) is 16.6. The van der Waals surface area contributed by atoms with Crippen LogP contribution in [0.4, 0.5) is 0 Å². The van der Waals surface area contributed by atoms with Gasteiger partial charge in [-0.05, 0) is 62.9 Å². The minimum absolute atomic E-state index is 0.00909. The zero-order chi connectivity index (χ0) is 25.3. The van der Waals surface area contributed by atoms with Gasteiger partial charge >= 0.3 is 0 Å². The van der Waals surface area contributed by atoms with Crippen LogP contribution in [0.1, 0.15) is 37.8 Å². The third-order valence-corrected chi connectivity index (χ3v) is 9.52. The number of para-hydroxylation sites is 1. The number of sulfone groups is 1. The normalized spacial score (nSPS) is 18.0. The van der Waals surface area contributed by atoms with Crippen LogP contribution in [0, 0.1) is 13.8 Å². The molecule has 35 heavy (non-hydrogen) atoms. The van der Waals surface area contributed by atoms with Crippen LogP contribution in [-0.2, 0) is 14.6 Å². The van der Waals surface area contributed by atoms with Gasteiger partial charge in [-0.3, -0.25) is 14.2 Å². The van der Waals surface area contributed by atoms with Crippen LogP contribution in [0.25, 0.3) is 16.6 Å². The lowest BCUT2D eigenvalue weighted by atomic mass is 10.1. The average molecular weight is 514 g/mol. The first kappa shape index (κ1) is 25.4. The summed E-state index contributed by atoms with van der Waals surface area (Å²) in [5.41, 5.74) is 3.16.